The lowest BCUT2D eigenvalue weighted by Crippen LogP contribution is -2.19. The van der Waals surface area contributed by atoms with Crippen LogP contribution in [0.4, 0.5) is 11.5 Å². The summed E-state index contributed by atoms with van der Waals surface area (Å²) in [6.07, 6.45) is 1.35. The second-order valence-corrected chi connectivity index (χ2v) is 6.79. The van der Waals surface area contributed by atoms with Crippen LogP contribution in [0, 0.1) is 0 Å². The third-order valence-corrected chi connectivity index (χ3v) is 4.63. The molecule has 1 aromatic carbocycles. The number of benzene rings is 1. The molecule has 0 bridgehead atoms. The van der Waals surface area contributed by atoms with E-state index in [1.54, 1.807) is 19.0 Å². The molecular formula is C15H20N4O5S. The number of sulfonamides is 1. The number of anilines is 2. The number of hydrogen-bond donors (Lipinski definition) is 1. The lowest BCUT2D eigenvalue weighted by molar-refractivity contribution is 0.354. The minimum absolute atomic E-state index is 0.0191. The van der Waals surface area contributed by atoms with Crippen molar-refractivity contribution in [1.29, 1.82) is 0 Å². The van der Waals surface area contributed by atoms with E-state index in [-0.39, 0.29) is 16.6 Å². The van der Waals surface area contributed by atoms with Crippen molar-refractivity contribution in [3.8, 4) is 17.5 Å². The van der Waals surface area contributed by atoms with E-state index in [0.29, 0.717) is 17.3 Å². The lowest BCUT2D eigenvalue weighted by atomic mass is 10.3. The van der Waals surface area contributed by atoms with Crippen molar-refractivity contribution < 1.29 is 22.6 Å². The Labute approximate surface area is 146 Å². The Morgan fingerprint density at radius 2 is 1.72 bits per heavy atom. The maximum atomic E-state index is 12.7. The number of nitrogens with one attached hydrogen (secondary N) is 1. The summed E-state index contributed by atoms with van der Waals surface area (Å²) in [6.45, 7) is 0. The molecule has 0 atom stereocenters. The Hall–Kier alpha value is -2.75. The molecule has 1 heterocycles. The van der Waals surface area contributed by atoms with Crippen LogP contribution >= 0.6 is 0 Å². The minimum atomic E-state index is -3.88. The van der Waals surface area contributed by atoms with E-state index in [4.69, 9.17) is 14.2 Å². The van der Waals surface area contributed by atoms with Gasteiger partial charge in [0, 0.05) is 20.2 Å². The van der Waals surface area contributed by atoms with Gasteiger partial charge >= 0.3 is 6.01 Å². The second-order valence-electron chi connectivity index (χ2n) is 5.11. The Morgan fingerprint density at radius 3 is 2.28 bits per heavy atom. The molecule has 0 radical (unpaired) electrons. The molecule has 2 aromatic rings. The first kappa shape index (κ1) is 18.6. The molecule has 25 heavy (non-hydrogen) atoms. The van der Waals surface area contributed by atoms with Gasteiger partial charge in [0.15, 0.2) is 17.3 Å². The van der Waals surface area contributed by atoms with Crippen LogP contribution in [0.1, 0.15) is 0 Å². The van der Waals surface area contributed by atoms with Gasteiger partial charge in [-0.15, -0.1) is 0 Å². The summed E-state index contributed by atoms with van der Waals surface area (Å²) in [4.78, 5) is 9.77. The fourth-order valence-corrected chi connectivity index (χ4v) is 3.12. The van der Waals surface area contributed by atoms with Crippen LogP contribution in [0.25, 0.3) is 0 Å². The number of rotatable bonds is 7. The first-order chi connectivity index (χ1) is 11.8. The number of methoxy groups -OCH3 is 3. The highest BCUT2D eigenvalue weighted by molar-refractivity contribution is 7.92. The summed E-state index contributed by atoms with van der Waals surface area (Å²) in [5.74, 6) is 1.11. The molecule has 0 aliphatic heterocycles. The standard InChI is InChI=1S/C15H20N4O5S/c1-19(2)14-11(9-16-15(17-14)24-5)18-25(20,21)10-6-7-12(22-3)13(8-10)23-4/h6-9,18H,1-5H3. The fraction of sp³-hybridized carbons (Fsp3) is 0.333. The first-order valence-corrected chi connectivity index (χ1v) is 8.64. The van der Waals surface area contributed by atoms with Crippen LogP contribution in [0.15, 0.2) is 29.3 Å². The van der Waals surface area contributed by atoms with Crippen molar-refractivity contribution in [3.63, 3.8) is 0 Å². The highest BCUT2D eigenvalue weighted by atomic mass is 32.2. The molecule has 9 nitrogen and oxygen atoms in total. The number of ether oxygens (including phenoxy) is 3. The molecule has 0 spiro atoms. The second kappa shape index (κ2) is 7.43. The molecule has 0 aliphatic rings. The van der Waals surface area contributed by atoms with Gasteiger partial charge in [0.2, 0.25) is 0 Å². The largest absolute Gasteiger partial charge is 0.493 e. The average Bonchev–Trinajstić information content (AvgIpc) is 2.60. The van der Waals surface area contributed by atoms with Crippen molar-refractivity contribution in [3.05, 3.63) is 24.4 Å². The Morgan fingerprint density at radius 1 is 1.04 bits per heavy atom. The lowest BCUT2D eigenvalue weighted by Gasteiger charge is -2.17. The number of nitrogens with zero attached hydrogens (tertiary/aromatic N) is 3. The number of aromatic nitrogens is 2. The van der Waals surface area contributed by atoms with E-state index in [1.165, 1.54) is 45.7 Å². The third-order valence-electron chi connectivity index (χ3n) is 3.26. The smallest absolute Gasteiger partial charge is 0.318 e. The molecule has 0 unspecified atom stereocenters. The van der Waals surface area contributed by atoms with Crippen LogP contribution in [0.5, 0.6) is 17.5 Å². The maximum Gasteiger partial charge on any atom is 0.318 e. The van der Waals surface area contributed by atoms with E-state index in [1.807, 2.05) is 0 Å². The average molecular weight is 368 g/mol. The van der Waals surface area contributed by atoms with Crippen LogP contribution < -0.4 is 23.8 Å². The normalized spacial score (nSPS) is 10.9. The Kier molecular flexibility index (Phi) is 5.52. The van der Waals surface area contributed by atoms with Gasteiger partial charge in [0.25, 0.3) is 10.0 Å². The van der Waals surface area contributed by atoms with E-state index in [9.17, 15) is 8.42 Å². The van der Waals surface area contributed by atoms with Crippen LogP contribution in [0.2, 0.25) is 0 Å². The summed E-state index contributed by atoms with van der Waals surface area (Å²) in [5, 5.41) is 0. The summed E-state index contributed by atoms with van der Waals surface area (Å²) in [7, 11) is 3.93. The third kappa shape index (κ3) is 4.02. The molecule has 10 heteroatoms. The molecule has 0 saturated carbocycles. The summed E-state index contributed by atoms with van der Waals surface area (Å²) >= 11 is 0. The van der Waals surface area contributed by atoms with E-state index in [2.05, 4.69) is 14.7 Å². The molecule has 0 aliphatic carbocycles. The zero-order valence-corrected chi connectivity index (χ0v) is 15.4. The van der Waals surface area contributed by atoms with Gasteiger partial charge in [-0.2, -0.15) is 4.98 Å². The van der Waals surface area contributed by atoms with Crippen LogP contribution in [0.3, 0.4) is 0 Å². The van der Waals surface area contributed by atoms with Gasteiger partial charge in [-0.3, -0.25) is 4.72 Å². The topological polar surface area (TPSA) is 103 Å². The molecule has 2 rings (SSSR count). The summed E-state index contributed by atoms with van der Waals surface area (Å²) in [5.41, 5.74) is 0.223. The Bertz CT molecular complexity index is 855. The van der Waals surface area contributed by atoms with Crippen molar-refractivity contribution >= 4 is 21.5 Å². The van der Waals surface area contributed by atoms with Gasteiger partial charge in [-0.25, -0.2) is 13.4 Å². The monoisotopic (exact) mass is 368 g/mol. The fourth-order valence-electron chi connectivity index (χ4n) is 2.06. The van der Waals surface area contributed by atoms with E-state index < -0.39 is 10.0 Å². The van der Waals surface area contributed by atoms with Crippen molar-refractivity contribution in [1.82, 2.24) is 9.97 Å². The van der Waals surface area contributed by atoms with E-state index in [0.717, 1.165) is 0 Å². The van der Waals surface area contributed by atoms with Crippen LogP contribution in [-0.2, 0) is 10.0 Å². The highest BCUT2D eigenvalue weighted by Gasteiger charge is 2.20. The van der Waals surface area contributed by atoms with Gasteiger partial charge < -0.3 is 19.1 Å². The zero-order valence-electron chi connectivity index (χ0n) is 14.6. The Balaban J connectivity index is 2.42. The molecule has 1 aromatic heterocycles. The molecule has 0 fully saturated rings. The molecule has 1 N–H and O–H groups in total. The summed E-state index contributed by atoms with van der Waals surface area (Å²) < 4.78 is 43.1. The highest BCUT2D eigenvalue weighted by Crippen LogP contribution is 2.31. The van der Waals surface area contributed by atoms with Gasteiger partial charge in [-0.05, 0) is 12.1 Å². The summed E-state index contributed by atoms with van der Waals surface area (Å²) in [6, 6.07) is 4.45. The van der Waals surface area contributed by atoms with E-state index >= 15 is 0 Å². The van der Waals surface area contributed by atoms with Crippen molar-refractivity contribution in [2.75, 3.05) is 45.0 Å². The van der Waals surface area contributed by atoms with Gasteiger partial charge in [0.1, 0.15) is 5.69 Å². The minimum Gasteiger partial charge on any atom is -0.493 e. The molecule has 0 amide bonds. The SMILES string of the molecule is COc1ncc(NS(=O)(=O)c2ccc(OC)c(OC)c2)c(N(C)C)n1. The molecular weight excluding hydrogens is 348 g/mol. The van der Waals surface area contributed by atoms with Gasteiger partial charge in [-0.1, -0.05) is 0 Å². The maximum absolute atomic E-state index is 12.7. The van der Waals surface area contributed by atoms with Gasteiger partial charge in [0.05, 0.1) is 32.4 Å². The first-order valence-electron chi connectivity index (χ1n) is 7.15. The zero-order chi connectivity index (χ0) is 18.6. The molecule has 0 saturated heterocycles. The van der Waals surface area contributed by atoms with Crippen molar-refractivity contribution in [2.24, 2.45) is 0 Å². The molecule has 136 valence electrons. The predicted octanol–water partition coefficient (Wildman–Crippen LogP) is 1.37. The quantitative estimate of drug-likeness (QED) is 0.782. The predicted molar refractivity (Wildman–Crippen MR) is 93.3 cm³/mol. The number of hydrogen-bond acceptors (Lipinski definition) is 8. The van der Waals surface area contributed by atoms with Crippen LogP contribution in [-0.4, -0.2) is 53.8 Å². The van der Waals surface area contributed by atoms with Crippen molar-refractivity contribution in [2.45, 2.75) is 4.90 Å².